The van der Waals surface area contributed by atoms with Crippen molar-refractivity contribution in [2.45, 2.75) is 0 Å². The van der Waals surface area contributed by atoms with Crippen LogP contribution in [-0.4, -0.2) is 14.1 Å². The van der Waals surface area contributed by atoms with Gasteiger partial charge in [-0.1, -0.05) is 29.3 Å². The fraction of sp³-hybridized carbons (Fsp3) is 0.143. The molecule has 0 saturated carbocycles. The molecule has 0 atom stereocenters. The van der Waals surface area contributed by atoms with Crippen molar-refractivity contribution in [2.75, 3.05) is 19.0 Å². The maximum absolute atomic E-state index is 13.6. The minimum atomic E-state index is -0.313. The zero-order valence-electron chi connectivity index (χ0n) is 10.0. The number of benzene rings is 2. The maximum atomic E-state index is 13.6. The summed E-state index contributed by atoms with van der Waals surface area (Å²) in [5.74, 6) is -0.313. The molecular formula is C14H12Cl2FN. The molecule has 0 fully saturated rings. The van der Waals surface area contributed by atoms with Gasteiger partial charge in [-0.05, 0) is 35.9 Å². The van der Waals surface area contributed by atoms with E-state index in [1.807, 2.05) is 25.1 Å². The van der Waals surface area contributed by atoms with Gasteiger partial charge in [-0.15, -0.1) is 0 Å². The van der Waals surface area contributed by atoms with Gasteiger partial charge in [-0.3, -0.25) is 0 Å². The van der Waals surface area contributed by atoms with Crippen molar-refractivity contribution < 1.29 is 4.39 Å². The Morgan fingerprint density at radius 1 is 1.00 bits per heavy atom. The topological polar surface area (TPSA) is 3.24 Å². The summed E-state index contributed by atoms with van der Waals surface area (Å²) in [6.07, 6.45) is 0. The summed E-state index contributed by atoms with van der Waals surface area (Å²) in [6, 6.07) is 10.00. The highest BCUT2D eigenvalue weighted by Crippen LogP contribution is 2.36. The zero-order valence-corrected chi connectivity index (χ0v) is 11.6. The van der Waals surface area contributed by atoms with Gasteiger partial charge in [0, 0.05) is 35.4 Å². The summed E-state index contributed by atoms with van der Waals surface area (Å²) in [4.78, 5) is 1.83. The van der Waals surface area contributed by atoms with E-state index in [0.717, 1.165) is 5.69 Å². The van der Waals surface area contributed by atoms with Crippen LogP contribution in [0.4, 0.5) is 10.1 Å². The summed E-state index contributed by atoms with van der Waals surface area (Å²) in [5.41, 5.74) is 2.10. The van der Waals surface area contributed by atoms with Gasteiger partial charge >= 0.3 is 0 Å². The molecule has 0 aromatic heterocycles. The SMILES string of the molecule is CN(C)c1cc(F)cc(-c2c(Cl)cccc2Cl)c1. The zero-order chi connectivity index (χ0) is 13.3. The molecule has 0 heterocycles. The van der Waals surface area contributed by atoms with Crippen LogP contribution in [0.15, 0.2) is 36.4 Å². The van der Waals surface area contributed by atoms with Gasteiger partial charge in [-0.25, -0.2) is 4.39 Å². The van der Waals surface area contributed by atoms with Crippen LogP contribution in [0.2, 0.25) is 10.0 Å². The van der Waals surface area contributed by atoms with Crippen LogP contribution in [0, 0.1) is 5.82 Å². The van der Waals surface area contributed by atoms with E-state index in [2.05, 4.69) is 0 Å². The summed E-state index contributed by atoms with van der Waals surface area (Å²) in [7, 11) is 3.71. The fourth-order valence-electron chi connectivity index (χ4n) is 1.75. The first kappa shape index (κ1) is 13.2. The van der Waals surface area contributed by atoms with Crippen molar-refractivity contribution in [1.82, 2.24) is 0 Å². The van der Waals surface area contributed by atoms with Gasteiger partial charge in [0.15, 0.2) is 0 Å². The molecule has 0 amide bonds. The van der Waals surface area contributed by atoms with E-state index >= 15 is 0 Å². The van der Waals surface area contributed by atoms with Gasteiger partial charge in [-0.2, -0.15) is 0 Å². The number of nitrogens with zero attached hydrogens (tertiary/aromatic N) is 1. The van der Waals surface area contributed by atoms with Crippen molar-refractivity contribution in [2.24, 2.45) is 0 Å². The Hall–Kier alpha value is -1.25. The molecule has 0 aliphatic carbocycles. The summed E-state index contributed by atoms with van der Waals surface area (Å²) < 4.78 is 13.6. The molecule has 4 heteroatoms. The third-order valence-electron chi connectivity index (χ3n) is 2.65. The first-order valence-electron chi connectivity index (χ1n) is 5.41. The lowest BCUT2D eigenvalue weighted by Gasteiger charge is -2.15. The van der Waals surface area contributed by atoms with Gasteiger partial charge in [0.2, 0.25) is 0 Å². The minimum Gasteiger partial charge on any atom is -0.378 e. The fourth-order valence-corrected chi connectivity index (χ4v) is 2.37. The van der Waals surface area contributed by atoms with Crippen LogP contribution < -0.4 is 4.90 Å². The van der Waals surface area contributed by atoms with E-state index in [4.69, 9.17) is 23.2 Å². The van der Waals surface area contributed by atoms with Gasteiger partial charge < -0.3 is 4.90 Å². The molecule has 2 aromatic carbocycles. The van der Waals surface area contributed by atoms with Crippen LogP contribution in [0.1, 0.15) is 0 Å². The van der Waals surface area contributed by atoms with Crippen LogP contribution in [0.25, 0.3) is 11.1 Å². The predicted molar refractivity (Wildman–Crippen MR) is 76.2 cm³/mol. The first-order chi connectivity index (χ1) is 8.49. The Balaban J connectivity index is 2.64. The summed E-state index contributed by atoms with van der Waals surface area (Å²) in [6.45, 7) is 0. The van der Waals surface area contributed by atoms with Crippen molar-refractivity contribution in [3.63, 3.8) is 0 Å². The van der Waals surface area contributed by atoms with Crippen molar-refractivity contribution >= 4 is 28.9 Å². The lowest BCUT2D eigenvalue weighted by Crippen LogP contribution is -2.08. The number of halogens is 3. The average molecular weight is 284 g/mol. The highest BCUT2D eigenvalue weighted by atomic mass is 35.5. The third kappa shape index (κ3) is 2.60. The first-order valence-corrected chi connectivity index (χ1v) is 6.17. The maximum Gasteiger partial charge on any atom is 0.125 e. The number of hydrogen-bond acceptors (Lipinski definition) is 1. The van der Waals surface area contributed by atoms with E-state index in [0.29, 0.717) is 21.2 Å². The molecule has 0 saturated heterocycles. The highest BCUT2D eigenvalue weighted by Gasteiger charge is 2.11. The minimum absolute atomic E-state index is 0.313. The monoisotopic (exact) mass is 283 g/mol. The third-order valence-corrected chi connectivity index (χ3v) is 3.28. The second-order valence-electron chi connectivity index (χ2n) is 4.19. The smallest absolute Gasteiger partial charge is 0.125 e. The van der Waals surface area contributed by atoms with Crippen LogP contribution in [-0.2, 0) is 0 Å². The lowest BCUT2D eigenvalue weighted by atomic mass is 10.0. The largest absolute Gasteiger partial charge is 0.378 e. The normalized spacial score (nSPS) is 10.5. The van der Waals surface area contributed by atoms with E-state index in [-0.39, 0.29) is 5.82 Å². The van der Waals surface area contributed by atoms with Gasteiger partial charge in [0.25, 0.3) is 0 Å². The molecule has 0 N–H and O–H groups in total. The molecule has 18 heavy (non-hydrogen) atoms. The Labute approximate surface area is 116 Å². The number of hydrogen-bond donors (Lipinski definition) is 0. The Morgan fingerprint density at radius 2 is 1.61 bits per heavy atom. The molecule has 1 nitrogen and oxygen atoms in total. The average Bonchev–Trinajstić information content (AvgIpc) is 2.28. The quantitative estimate of drug-likeness (QED) is 0.760. The van der Waals surface area contributed by atoms with E-state index < -0.39 is 0 Å². The highest BCUT2D eigenvalue weighted by molar-refractivity contribution is 6.39. The molecule has 0 aliphatic rings. The molecule has 2 rings (SSSR count). The predicted octanol–water partition coefficient (Wildman–Crippen LogP) is 4.87. The van der Waals surface area contributed by atoms with Crippen LogP contribution >= 0.6 is 23.2 Å². The van der Waals surface area contributed by atoms with Crippen molar-refractivity contribution in [1.29, 1.82) is 0 Å². The molecule has 0 aliphatic heterocycles. The number of anilines is 1. The second kappa shape index (κ2) is 5.17. The van der Waals surface area contributed by atoms with Crippen LogP contribution in [0.3, 0.4) is 0 Å². The molecular weight excluding hydrogens is 272 g/mol. The van der Waals surface area contributed by atoms with E-state index in [9.17, 15) is 4.39 Å². The Morgan fingerprint density at radius 3 is 2.17 bits per heavy atom. The molecule has 94 valence electrons. The molecule has 0 bridgehead atoms. The Bertz CT molecular complexity index is 562. The molecule has 0 spiro atoms. The van der Waals surface area contributed by atoms with Crippen LogP contribution in [0.5, 0.6) is 0 Å². The summed E-state index contributed by atoms with van der Waals surface area (Å²) >= 11 is 12.3. The Kier molecular flexibility index (Phi) is 3.79. The second-order valence-corrected chi connectivity index (χ2v) is 5.00. The standard InChI is InChI=1S/C14H12Cl2FN/c1-18(2)11-7-9(6-10(17)8-11)14-12(15)4-3-5-13(14)16/h3-8H,1-2H3. The lowest BCUT2D eigenvalue weighted by molar-refractivity contribution is 0.628. The van der Waals surface area contributed by atoms with E-state index in [1.165, 1.54) is 12.1 Å². The summed E-state index contributed by atoms with van der Waals surface area (Å²) in [5, 5.41) is 1.02. The van der Waals surface area contributed by atoms with E-state index in [1.54, 1.807) is 18.2 Å². The molecule has 2 aromatic rings. The van der Waals surface area contributed by atoms with Crippen molar-refractivity contribution in [3.8, 4) is 11.1 Å². The van der Waals surface area contributed by atoms with Gasteiger partial charge in [0.05, 0.1) is 0 Å². The number of rotatable bonds is 2. The molecule has 0 unspecified atom stereocenters. The van der Waals surface area contributed by atoms with Gasteiger partial charge in [0.1, 0.15) is 5.82 Å². The van der Waals surface area contributed by atoms with Crippen molar-refractivity contribution in [3.05, 3.63) is 52.3 Å². The molecule has 0 radical (unpaired) electrons.